The van der Waals surface area contributed by atoms with Crippen molar-refractivity contribution in [2.45, 2.75) is 143 Å². The maximum atomic E-state index is 14.4. The molecule has 0 bridgehead atoms. The van der Waals surface area contributed by atoms with Crippen LogP contribution in [0.25, 0.3) is 0 Å². The number of nitrogens with one attached hydrogen (secondary N) is 4. The van der Waals surface area contributed by atoms with Gasteiger partial charge < -0.3 is 26.2 Å². The summed E-state index contributed by atoms with van der Waals surface area (Å²) in [6.07, 6.45) is 5.99. The predicted molar refractivity (Wildman–Crippen MR) is 192 cm³/mol. The first kappa shape index (κ1) is 40.0. The standard InChI is InChI=1S/C38H60N6O7/c1-11-13-23-18-38(23,30(47)32(49)39-24-14-15-24)42-31(48)28-22(12-2)16-17-43(28)33(50)29(36(6,7)8)41-34(51)40-25(35(3,4)5)21-44-26(45)19-37(9,10)20-27(44)46/h12,22-25,28-29H,2,11,13-21H2,1,3-10H3,(H,39,49)(H,42,48)(H2,40,41,51)/t22-,23?,25+,28-,29+,38?/m0/s1. The van der Waals surface area contributed by atoms with E-state index in [1.54, 1.807) is 6.08 Å². The minimum Gasteiger partial charge on any atom is -0.347 e. The number of rotatable bonds is 13. The topological polar surface area (TPSA) is 174 Å². The minimum atomic E-state index is -1.31. The van der Waals surface area contributed by atoms with Crippen LogP contribution in [0.15, 0.2) is 12.7 Å². The van der Waals surface area contributed by atoms with Crippen LogP contribution in [0.5, 0.6) is 0 Å². The molecule has 0 aromatic carbocycles. The monoisotopic (exact) mass is 712 g/mol. The first-order valence-electron chi connectivity index (χ1n) is 18.5. The first-order valence-corrected chi connectivity index (χ1v) is 18.5. The van der Waals surface area contributed by atoms with Gasteiger partial charge in [0.05, 0.1) is 6.04 Å². The van der Waals surface area contributed by atoms with Crippen LogP contribution in [0.1, 0.15) is 114 Å². The summed E-state index contributed by atoms with van der Waals surface area (Å²) in [6.45, 7) is 21.0. The van der Waals surface area contributed by atoms with Crippen LogP contribution < -0.4 is 21.3 Å². The van der Waals surface area contributed by atoms with Crippen molar-refractivity contribution >= 4 is 41.4 Å². The molecule has 284 valence electrons. The largest absolute Gasteiger partial charge is 0.347 e. The minimum absolute atomic E-state index is 0.00758. The third-order valence-electron chi connectivity index (χ3n) is 10.9. The highest BCUT2D eigenvalue weighted by Crippen LogP contribution is 2.48. The summed E-state index contributed by atoms with van der Waals surface area (Å²) in [7, 11) is 0. The van der Waals surface area contributed by atoms with Gasteiger partial charge in [0.25, 0.3) is 5.91 Å². The molecule has 4 rings (SSSR count). The van der Waals surface area contributed by atoms with Crippen LogP contribution in [0, 0.1) is 28.1 Å². The number of hydrogen-bond acceptors (Lipinski definition) is 7. The van der Waals surface area contributed by atoms with Crippen LogP contribution in [0.2, 0.25) is 0 Å². The number of likely N-dealkylation sites (tertiary alicyclic amines) is 2. The van der Waals surface area contributed by atoms with Gasteiger partial charge in [-0.15, -0.1) is 6.58 Å². The van der Waals surface area contributed by atoms with Crippen LogP contribution in [-0.4, -0.2) is 93.9 Å². The average molecular weight is 713 g/mol. The fraction of sp³-hybridized carbons (Fsp3) is 0.763. The van der Waals surface area contributed by atoms with Crippen molar-refractivity contribution in [3.8, 4) is 0 Å². The molecule has 51 heavy (non-hydrogen) atoms. The van der Waals surface area contributed by atoms with Gasteiger partial charge in [-0.25, -0.2) is 4.79 Å². The number of carbonyl (C=O) groups is 7. The quantitative estimate of drug-likeness (QED) is 0.129. The Labute approximate surface area is 302 Å². The molecule has 0 radical (unpaired) electrons. The van der Waals surface area contributed by atoms with Gasteiger partial charge in [-0.3, -0.25) is 33.7 Å². The maximum absolute atomic E-state index is 14.4. The van der Waals surface area contributed by atoms with Crippen molar-refractivity contribution < 1.29 is 33.6 Å². The van der Waals surface area contributed by atoms with E-state index in [1.807, 2.05) is 62.3 Å². The van der Waals surface area contributed by atoms with Gasteiger partial charge >= 0.3 is 6.03 Å². The second-order valence-corrected chi connectivity index (χ2v) is 18.1. The summed E-state index contributed by atoms with van der Waals surface area (Å²) < 4.78 is 0. The van der Waals surface area contributed by atoms with Crippen LogP contribution >= 0.6 is 0 Å². The Hall–Kier alpha value is -3.77. The van der Waals surface area contributed by atoms with Crippen molar-refractivity contribution in [2.24, 2.45) is 28.1 Å². The lowest BCUT2D eigenvalue weighted by atomic mass is 9.80. The zero-order valence-corrected chi connectivity index (χ0v) is 32.1. The zero-order valence-electron chi connectivity index (χ0n) is 32.1. The van der Waals surface area contributed by atoms with Gasteiger partial charge in [-0.2, -0.15) is 0 Å². The van der Waals surface area contributed by atoms with E-state index in [2.05, 4.69) is 27.8 Å². The number of Topliss-reactive ketones (excluding diaryl/α,β-unsaturated/α-hetero) is 1. The number of urea groups is 1. The molecule has 4 fully saturated rings. The summed E-state index contributed by atoms with van der Waals surface area (Å²) >= 11 is 0. The fourth-order valence-electron chi connectivity index (χ4n) is 7.41. The van der Waals surface area contributed by atoms with E-state index in [4.69, 9.17) is 0 Å². The molecular formula is C38H60N6O7. The van der Waals surface area contributed by atoms with Gasteiger partial charge in [0.2, 0.25) is 29.4 Å². The number of hydrogen-bond donors (Lipinski definition) is 4. The Bertz CT molecular complexity index is 1420. The molecule has 0 spiro atoms. The number of imide groups is 1. The molecule has 2 heterocycles. The first-order chi connectivity index (χ1) is 23.5. The van der Waals surface area contributed by atoms with Crippen LogP contribution in [-0.2, 0) is 28.8 Å². The second kappa shape index (κ2) is 14.7. The summed E-state index contributed by atoms with van der Waals surface area (Å²) in [6, 6.07) is -3.34. The van der Waals surface area contributed by atoms with Gasteiger partial charge in [-0.1, -0.05) is 74.8 Å². The van der Waals surface area contributed by atoms with Crippen molar-refractivity contribution in [1.29, 1.82) is 0 Å². The Morgan fingerprint density at radius 3 is 2.06 bits per heavy atom. The fourth-order valence-corrected chi connectivity index (χ4v) is 7.41. The normalized spacial score (nSPS) is 27.3. The Balaban J connectivity index is 1.51. The molecule has 13 nitrogen and oxygen atoms in total. The lowest BCUT2D eigenvalue weighted by Gasteiger charge is -2.40. The Morgan fingerprint density at radius 2 is 1.55 bits per heavy atom. The predicted octanol–water partition coefficient (Wildman–Crippen LogP) is 3.22. The highest BCUT2D eigenvalue weighted by Gasteiger charge is 2.63. The third-order valence-corrected chi connectivity index (χ3v) is 10.9. The molecule has 2 aliphatic carbocycles. The summed E-state index contributed by atoms with van der Waals surface area (Å²) in [4.78, 5) is 97.1. The average Bonchev–Trinajstić information content (AvgIpc) is 3.90. The molecule has 2 saturated carbocycles. The molecule has 2 aliphatic heterocycles. The molecule has 4 N–H and O–H groups in total. The van der Waals surface area contributed by atoms with E-state index < -0.39 is 75.4 Å². The van der Waals surface area contributed by atoms with Gasteiger partial charge in [0, 0.05) is 37.9 Å². The van der Waals surface area contributed by atoms with Crippen LogP contribution in [0.3, 0.4) is 0 Å². The number of amides is 7. The molecule has 2 unspecified atom stereocenters. The van der Waals surface area contributed by atoms with Gasteiger partial charge in [0.1, 0.15) is 17.6 Å². The SMILES string of the molecule is C=C[C@H]1CCN(C(=O)[C@@H](NC(=O)N[C@H](CN2C(=O)CC(C)(C)CC2=O)C(C)(C)C)C(C)(C)C)[C@@H]1C(=O)NC1(C(=O)C(=O)NC2CC2)CC1CCC. The molecule has 6 atom stereocenters. The highest BCUT2D eigenvalue weighted by molar-refractivity contribution is 6.41. The van der Waals surface area contributed by atoms with E-state index in [9.17, 15) is 33.6 Å². The summed E-state index contributed by atoms with van der Waals surface area (Å²) in [5.41, 5.74) is -3.09. The van der Waals surface area contributed by atoms with E-state index >= 15 is 0 Å². The van der Waals surface area contributed by atoms with Crippen LogP contribution in [0.4, 0.5) is 4.79 Å². The molecule has 0 aromatic heterocycles. The highest BCUT2D eigenvalue weighted by atomic mass is 16.2. The molecular weight excluding hydrogens is 652 g/mol. The summed E-state index contributed by atoms with van der Waals surface area (Å²) in [5.74, 6) is -3.49. The van der Waals surface area contributed by atoms with E-state index in [1.165, 1.54) is 9.80 Å². The van der Waals surface area contributed by atoms with Crippen molar-refractivity contribution in [3.05, 3.63) is 12.7 Å². The van der Waals surface area contributed by atoms with Crippen molar-refractivity contribution in [1.82, 2.24) is 31.1 Å². The number of nitrogens with zero attached hydrogens (tertiary/aromatic N) is 2. The Morgan fingerprint density at radius 1 is 0.941 bits per heavy atom. The molecule has 4 aliphatic rings. The molecule has 2 saturated heterocycles. The number of carbonyl (C=O) groups excluding carboxylic acids is 7. The molecule has 0 aromatic rings. The third kappa shape index (κ3) is 9.18. The molecule has 13 heteroatoms. The van der Waals surface area contributed by atoms with E-state index in [0.717, 1.165) is 19.3 Å². The summed E-state index contributed by atoms with van der Waals surface area (Å²) in [5, 5.41) is 11.5. The smallest absolute Gasteiger partial charge is 0.315 e. The van der Waals surface area contributed by atoms with Crippen molar-refractivity contribution in [3.63, 3.8) is 0 Å². The number of ketones is 1. The van der Waals surface area contributed by atoms with E-state index in [-0.39, 0.29) is 49.7 Å². The second-order valence-electron chi connectivity index (χ2n) is 18.1. The Kier molecular flexibility index (Phi) is 11.5. The number of piperidine rings is 1. The zero-order chi connectivity index (χ0) is 38.3. The lowest BCUT2D eigenvalue weighted by molar-refractivity contribution is -0.153. The molecule has 7 amide bonds. The van der Waals surface area contributed by atoms with Gasteiger partial charge in [0.15, 0.2) is 0 Å². The van der Waals surface area contributed by atoms with E-state index in [0.29, 0.717) is 19.3 Å². The van der Waals surface area contributed by atoms with Crippen molar-refractivity contribution in [2.75, 3.05) is 13.1 Å². The lowest BCUT2D eigenvalue weighted by Crippen LogP contribution is -2.63. The maximum Gasteiger partial charge on any atom is 0.315 e. The van der Waals surface area contributed by atoms with Gasteiger partial charge in [-0.05, 0) is 54.3 Å².